The molecule has 3 heterocycles. The quantitative estimate of drug-likeness (QED) is 0.747. The number of rotatable bonds is 5. The smallest absolute Gasteiger partial charge is 0.281 e. The summed E-state index contributed by atoms with van der Waals surface area (Å²) in [7, 11) is -3.42. The van der Waals surface area contributed by atoms with Crippen LogP contribution in [0.4, 0.5) is 5.88 Å². The lowest BCUT2D eigenvalue weighted by atomic mass is 9.92. The molecule has 0 bridgehead atoms. The average molecular weight is 414 g/mol. The van der Waals surface area contributed by atoms with E-state index in [-0.39, 0.29) is 17.9 Å². The lowest BCUT2D eigenvalue weighted by molar-refractivity contribution is -0.895. The number of thiophene rings is 1. The van der Waals surface area contributed by atoms with Crippen LogP contribution in [0, 0.1) is 0 Å². The van der Waals surface area contributed by atoms with Crippen LogP contribution in [0.2, 0.25) is 0 Å². The molecule has 0 atom stereocenters. The van der Waals surface area contributed by atoms with Gasteiger partial charge in [0.05, 0.1) is 31.9 Å². The number of quaternary nitrogens is 1. The van der Waals surface area contributed by atoms with Gasteiger partial charge in [0.25, 0.3) is 15.9 Å². The predicted octanol–water partition coefficient (Wildman–Crippen LogP) is 0.562. The van der Waals surface area contributed by atoms with Gasteiger partial charge in [0.1, 0.15) is 4.21 Å². The van der Waals surface area contributed by atoms with Gasteiger partial charge in [-0.1, -0.05) is 32.0 Å². The summed E-state index contributed by atoms with van der Waals surface area (Å²) in [5.41, 5.74) is 0.625. The molecule has 2 aromatic rings. The van der Waals surface area contributed by atoms with E-state index in [1.807, 2.05) is 20.8 Å². The fourth-order valence-corrected chi connectivity index (χ4v) is 5.44. The largest absolute Gasteiger partial charge is 0.338 e. The van der Waals surface area contributed by atoms with E-state index in [9.17, 15) is 13.2 Å². The molecule has 1 aliphatic rings. The Hall–Kier alpha value is -1.75. The number of hydrogen-bond acceptors (Lipinski definition) is 6. The molecule has 0 aromatic carbocycles. The van der Waals surface area contributed by atoms with Crippen LogP contribution in [0.5, 0.6) is 0 Å². The van der Waals surface area contributed by atoms with Crippen molar-refractivity contribution in [2.45, 2.75) is 30.4 Å². The summed E-state index contributed by atoms with van der Waals surface area (Å²) < 4.78 is 32.1. The summed E-state index contributed by atoms with van der Waals surface area (Å²) in [6.45, 7) is 8.29. The molecule has 3 rings (SSSR count). The molecular weight excluding hydrogens is 388 g/mol. The summed E-state index contributed by atoms with van der Waals surface area (Å²) in [5, 5.41) is 8.46. The molecule has 1 amide bonds. The number of carbonyl (C=O) groups excluding carboxylic acids is 1. The third-order valence-electron chi connectivity index (χ3n) is 4.47. The Labute approximate surface area is 163 Å². The van der Waals surface area contributed by atoms with E-state index < -0.39 is 10.0 Å². The van der Waals surface area contributed by atoms with Gasteiger partial charge in [-0.05, 0) is 11.4 Å². The Morgan fingerprint density at radius 3 is 2.63 bits per heavy atom. The minimum Gasteiger partial charge on any atom is -0.338 e. The van der Waals surface area contributed by atoms with Crippen molar-refractivity contribution in [3.8, 4) is 0 Å². The molecule has 1 saturated heterocycles. The second-order valence-electron chi connectivity index (χ2n) is 7.64. The van der Waals surface area contributed by atoms with Gasteiger partial charge in [-0.25, -0.2) is 8.42 Å². The number of aromatic nitrogens is 1. The van der Waals surface area contributed by atoms with E-state index in [0.717, 1.165) is 10.6 Å². The van der Waals surface area contributed by atoms with E-state index in [1.165, 1.54) is 15.6 Å². The van der Waals surface area contributed by atoms with Crippen LogP contribution in [-0.4, -0.2) is 56.5 Å². The van der Waals surface area contributed by atoms with Crippen molar-refractivity contribution >= 4 is 33.2 Å². The zero-order valence-corrected chi connectivity index (χ0v) is 17.3. The number of nitrogens with zero attached hydrogens (tertiary/aromatic N) is 2. The van der Waals surface area contributed by atoms with Crippen molar-refractivity contribution in [2.24, 2.45) is 0 Å². The van der Waals surface area contributed by atoms with E-state index in [2.05, 4.69) is 10.5 Å². The van der Waals surface area contributed by atoms with E-state index in [1.54, 1.807) is 23.6 Å². The Kier molecular flexibility index (Phi) is 5.71. The van der Waals surface area contributed by atoms with Gasteiger partial charge in [0, 0.05) is 11.5 Å². The molecule has 1 fully saturated rings. The zero-order valence-electron chi connectivity index (χ0n) is 15.7. The average Bonchev–Trinajstić information content (AvgIpc) is 3.26. The number of carbonyl (C=O) groups is 1. The maximum Gasteiger partial charge on any atom is 0.281 e. The van der Waals surface area contributed by atoms with Crippen molar-refractivity contribution in [3.63, 3.8) is 0 Å². The van der Waals surface area contributed by atoms with Gasteiger partial charge < -0.3 is 9.42 Å². The highest BCUT2D eigenvalue weighted by Crippen LogP contribution is 2.23. The summed E-state index contributed by atoms with van der Waals surface area (Å²) in [6, 6.07) is 5.09. The van der Waals surface area contributed by atoms with Gasteiger partial charge in [-0.3, -0.25) is 10.1 Å². The first kappa shape index (κ1) is 20.0. The number of piperazine rings is 1. The number of amides is 1. The Bertz CT molecular complexity index is 876. The molecule has 148 valence electrons. The third-order valence-corrected chi connectivity index (χ3v) is 7.74. The van der Waals surface area contributed by atoms with Crippen LogP contribution in [0.3, 0.4) is 0 Å². The molecule has 0 saturated carbocycles. The Morgan fingerprint density at radius 2 is 2.07 bits per heavy atom. The Balaban J connectivity index is 1.50. The molecule has 0 spiro atoms. The highest BCUT2D eigenvalue weighted by atomic mass is 32.2. The van der Waals surface area contributed by atoms with Crippen LogP contribution < -0.4 is 10.2 Å². The maximum atomic E-state index is 12.5. The van der Waals surface area contributed by atoms with E-state index >= 15 is 0 Å². The lowest BCUT2D eigenvalue weighted by Crippen LogP contribution is -3.15. The van der Waals surface area contributed by atoms with Crippen LogP contribution >= 0.6 is 11.3 Å². The number of anilines is 1. The van der Waals surface area contributed by atoms with Crippen LogP contribution in [0.15, 0.2) is 32.3 Å². The number of sulfonamides is 1. The fourth-order valence-electron chi connectivity index (χ4n) is 2.85. The monoisotopic (exact) mass is 413 g/mol. The first-order valence-corrected chi connectivity index (χ1v) is 11.1. The van der Waals surface area contributed by atoms with Gasteiger partial charge in [0.2, 0.25) is 5.88 Å². The molecule has 8 nitrogen and oxygen atoms in total. The molecule has 1 aliphatic heterocycles. The summed E-state index contributed by atoms with van der Waals surface area (Å²) in [4.78, 5) is 13.3. The van der Waals surface area contributed by atoms with E-state index in [4.69, 9.17) is 4.52 Å². The van der Waals surface area contributed by atoms with Crippen molar-refractivity contribution in [3.05, 3.63) is 29.3 Å². The molecule has 0 aliphatic carbocycles. The topological polar surface area (TPSA) is 97.0 Å². The third kappa shape index (κ3) is 4.75. The second-order valence-corrected chi connectivity index (χ2v) is 10.7. The highest BCUT2D eigenvalue weighted by Gasteiger charge is 2.31. The minimum atomic E-state index is -3.42. The van der Waals surface area contributed by atoms with Gasteiger partial charge in [-0.15, -0.1) is 11.3 Å². The van der Waals surface area contributed by atoms with Crippen LogP contribution in [0.1, 0.15) is 26.5 Å². The van der Waals surface area contributed by atoms with Crippen LogP contribution in [0.25, 0.3) is 0 Å². The molecular formula is C17H25N4O4S2+. The first-order chi connectivity index (χ1) is 12.7. The molecule has 27 heavy (non-hydrogen) atoms. The van der Waals surface area contributed by atoms with Gasteiger partial charge >= 0.3 is 0 Å². The number of nitrogens with one attached hydrogen (secondary N) is 2. The van der Waals surface area contributed by atoms with Crippen LogP contribution in [-0.2, 0) is 20.2 Å². The number of hydrogen-bond donors (Lipinski definition) is 2. The predicted molar refractivity (Wildman–Crippen MR) is 102 cm³/mol. The van der Waals surface area contributed by atoms with Crippen molar-refractivity contribution in [2.75, 3.05) is 38.0 Å². The van der Waals surface area contributed by atoms with Crippen molar-refractivity contribution in [1.29, 1.82) is 0 Å². The maximum absolute atomic E-state index is 12.5. The molecule has 2 N–H and O–H groups in total. The summed E-state index contributed by atoms with van der Waals surface area (Å²) in [6.07, 6.45) is 0. The highest BCUT2D eigenvalue weighted by molar-refractivity contribution is 7.91. The fraction of sp³-hybridized carbons (Fsp3) is 0.529. The van der Waals surface area contributed by atoms with E-state index in [0.29, 0.717) is 36.3 Å². The zero-order chi connectivity index (χ0) is 19.7. The molecule has 0 unspecified atom stereocenters. The molecule has 10 heteroatoms. The van der Waals surface area contributed by atoms with Crippen molar-refractivity contribution < 1.29 is 22.6 Å². The molecule has 2 aromatic heterocycles. The molecule has 0 radical (unpaired) electrons. The first-order valence-electron chi connectivity index (χ1n) is 8.80. The SMILES string of the molecule is CC(C)(C)c1cc(NC(=O)C[NH+]2CCN(S(=O)(=O)c3cccs3)CC2)on1. The Morgan fingerprint density at radius 1 is 1.37 bits per heavy atom. The summed E-state index contributed by atoms with van der Waals surface area (Å²) in [5.74, 6) is 0.166. The lowest BCUT2D eigenvalue weighted by Gasteiger charge is -2.30. The standard InChI is InChI=1S/C17H24N4O4S2/c1-17(2,3)13-11-15(25-19-13)18-14(22)12-20-6-8-21(9-7-20)27(23,24)16-5-4-10-26-16/h4-5,10-11H,6-9,12H2,1-3H3,(H,18,22)/p+1. The van der Waals surface area contributed by atoms with Gasteiger partial charge in [0.15, 0.2) is 6.54 Å². The normalized spacial score (nSPS) is 17.1. The second kappa shape index (κ2) is 7.70. The summed E-state index contributed by atoms with van der Waals surface area (Å²) >= 11 is 1.22. The van der Waals surface area contributed by atoms with Crippen molar-refractivity contribution in [1.82, 2.24) is 9.46 Å². The minimum absolute atomic E-state index is 0.151. The van der Waals surface area contributed by atoms with Gasteiger partial charge in [-0.2, -0.15) is 4.31 Å².